The molecule has 1 aromatic carbocycles. The van der Waals surface area contributed by atoms with E-state index in [1.807, 2.05) is 25.1 Å². The van der Waals surface area contributed by atoms with E-state index in [2.05, 4.69) is 32.0 Å². The van der Waals surface area contributed by atoms with Gasteiger partial charge in [-0.05, 0) is 60.8 Å². The Labute approximate surface area is 144 Å². The number of rotatable bonds is 5. The van der Waals surface area contributed by atoms with E-state index in [-0.39, 0.29) is 5.57 Å². The number of benzene rings is 1. The predicted octanol–water partition coefficient (Wildman–Crippen LogP) is 5.05. The number of hydrogen-bond acceptors (Lipinski definition) is 3. The van der Waals surface area contributed by atoms with Gasteiger partial charge in [-0.3, -0.25) is 0 Å². The predicted molar refractivity (Wildman–Crippen MR) is 95.9 cm³/mol. The van der Waals surface area contributed by atoms with E-state index in [1.54, 1.807) is 0 Å². The number of carbonyl (C=O) groups is 1. The van der Waals surface area contributed by atoms with Crippen LogP contribution < -0.4 is 0 Å². The molecule has 24 heavy (non-hydrogen) atoms. The van der Waals surface area contributed by atoms with Crippen molar-refractivity contribution in [1.82, 2.24) is 0 Å². The maximum atomic E-state index is 12.3. The van der Waals surface area contributed by atoms with Crippen molar-refractivity contribution >= 4 is 11.5 Å². The monoisotopic (exact) mass is 323 g/mol. The fourth-order valence-corrected chi connectivity index (χ4v) is 3.01. The summed E-state index contributed by atoms with van der Waals surface area (Å²) < 4.78 is 5.31. The largest absolute Gasteiger partial charge is 0.462 e. The Kier molecular flexibility index (Phi) is 6.37. The maximum absolute atomic E-state index is 12.3. The van der Waals surface area contributed by atoms with Crippen LogP contribution in [0.4, 0.5) is 0 Å². The highest BCUT2D eigenvalue weighted by Gasteiger charge is 2.23. The molecule has 1 aliphatic carbocycles. The first kappa shape index (κ1) is 18.0. The van der Waals surface area contributed by atoms with Gasteiger partial charge in [-0.15, -0.1) is 0 Å². The van der Waals surface area contributed by atoms with Gasteiger partial charge in [0.25, 0.3) is 0 Å². The van der Waals surface area contributed by atoms with Crippen molar-refractivity contribution in [3.63, 3.8) is 0 Å². The van der Waals surface area contributed by atoms with E-state index in [9.17, 15) is 10.1 Å². The molecule has 0 saturated carbocycles. The van der Waals surface area contributed by atoms with E-state index in [0.717, 1.165) is 42.4 Å². The minimum absolute atomic E-state index is 0.171. The quantitative estimate of drug-likeness (QED) is 0.432. The summed E-state index contributed by atoms with van der Waals surface area (Å²) in [4.78, 5) is 12.3. The second kappa shape index (κ2) is 8.49. The molecule has 2 rings (SSSR count). The molecule has 0 atom stereocenters. The molecule has 0 fully saturated rings. The van der Waals surface area contributed by atoms with Gasteiger partial charge in [0.05, 0.1) is 6.61 Å². The summed E-state index contributed by atoms with van der Waals surface area (Å²) in [5.74, 6) is -0.0150. The third-order valence-corrected chi connectivity index (χ3v) is 4.43. The number of hydrogen-bond donors (Lipinski definition) is 0. The molecule has 3 nitrogen and oxygen atoms in total. The molecule has 3 heteroatoms. The van der Waals surface area contributed by atoms with E-state index in [4.69, 9.17) is 4.74 Å². The van der Waals surface area contributed by atoms with Crippen molar-refractivity contribution in [1.29, 1.82) is 5.26 Å². The standard InChI is InChI=1S/C21H25NO2/c1-15(2)12-13-24-21(23)20(14-22)19-11-7-10-18(16(19)3)17-8-5-4-6-9-17/h4-6,8-9,15H,7,10-13H2,1-3H3/b20-19+. The van der Waals surface area contributed by atoms with Crippen LogP contribution in [0.3, 0.4) is 0 Å². The molecule has 0 saturated heterocycles. The first-order chi connectivity index (χ1) is 11.5. The maximum Gasteiger partial charge on any atom is 0.349 e. The molecule has 0 unspecified atom stereocenters. The first-order valence-electron chi connectivity index (χ1n) is 8.60. The zero-order valence-corrected chi connectivity index (χ0v) is 14.8. The molecular weight excluding hydrogens is 298 g/mol. The number of carbonyl (C=O) groups excluding carboxylic acids is 1. The molecule has 0 amide bonds. The van der Waals surface area contributed by atoms with Gasteiger partial charge < -0.3 is 4.74 Å². The van der Waals surface area contributed by atoms with Crippen molar-refractivity contribution in [2.75, 3.05) is 6.61 Å². The number of nitriles is 1. The highest BCUT2D eigenvalue weighted by molar-refractivity contribution is 5.95. The molecule has 0 N–H and O–H groups in total. The van der Waals surface area contributed by atoms with Gasteiger partial charge >= 0.3 is 5.97 Å². The van der Waals surface area contributed by atoms with E-state index in [0.29, 0.717) is 12.5 Å². The van der Waals surface area contributed by atoms with Crippen LogP contribution in [0.1, 0.15) is 52.0 Å². The lowest BCUT2D eigenvalue weighted by Crippen LogP contribution is -2.13. The lowest BCUT2D eigenvalue weighted by atomic mass is 9.83. The van der Waals surface area contributed by atoms with Gasteiger partial charge in [-0.1, -0.05) is 44.2 Å². The molecule has 0 bridgehead atoms. The van der Waals surface area contributed by atoms with E-state index < -0.39 is 5.97 Å². The Morgan fingerprint density at radius 1 is 1.25 bits per heavy atom. The second-order valence-electron chi connectivity index (χ2n) is 6.61. The van der Waals surface area contributed by atoms with E-state index in [1.165, 1.54) is 5.57 Å². The van der Waals surface area contributed by atoms with Gasteiger partial charge in [-0.2, -0.15) is 5.26 Å². The van der Waals surface area contributed by atoms with Crippen LogP contribution in [0.2, 0.25) is 0 Å². The average molecular weight is 323 g/mol. The average Bonchev–Trinajstić information content (AvgIpc) is 2.57. The van der Waals surface area contributed by atoms with Crippen LogP contribution in [0.25, 0.3) is 5.57 Å². The van der Waals surface area contributed by atoms with Gasteiger partial charge in [-0.25, -0.2) is 4.79 Å². The minimum Gasteiger partial charge on any atom is -0.462 e. The number of ether oxygens (including phenoxy) is 1. The first-order valence-corrected chi connectivity index (χ1v) is 8.60. The van der Waals surface area contributed by atoms with Gasteiger partial charge in [0.15, 0.2) is 0 Å². The fourth-order valence-electron chi connectivity index (χ4n) is 3.01. The second-order valence-corrected chi connectivity index (χ2v) is 6.61. The zero-order chi connectivity index (χ0) is 17.5. The van der Waals surface area contributed by atoms with E-state index >= 15 is 0 Å². The normalized spacial score (nSPS) is 16.8. The lowest BCUT2D eigenvalue weighted by molar-refractivity contribution is -0.138. The van der Waals surface area contributed by atoms with Crippen LogP contribution in [0.5, 0.6) is 0 Å². The Morgan fingerprint density at radius 2 is 1.96 bits per heavy atom. The third-order valence-electron chi connectivity index (χ3n) is 4.43. The van der Waals surface area contributed by atoms with Crippen LogP contribution >= 0.6 is 0 Å². The van der Waals surface area contributed by atoms with Crippen LogP contribution in [-0.2, 0) is 9.53 Å². The molecule has 0 spiro atoms. The summed E-state index contributed by atoms with van der Waals surface area (Å²) >= 11 is 0. The van der Waals surface area contributed by atoms with Crippen molar-refractivity contribution < 1.29 is 9.53 Å². The zero-order valence-electron chi connectivity index (χ0n) is 14.8. The highest BCUT2D eigenvalue weighted by atomic mass is 16.5. The molecule has 1 aliphatic rings. The van der Waals surface area contributed by atoms with Gasteiger partial charge in [0, 0.05) is 0 Å². The lowest BCUT2D eigenvalue weighted by Gasteiger charge is -2.22. The van der Waals surface area contributed by atoms with Crippen LogP contribution in [0, 0.1) is 17.2 Å². The molecule has 0 aromatic heterocycles. The Balaban J connectivity index is 2.30. The smallest absolute Gasteiger partial charge is 0.349 e. The Bertz CT molecular complexity index is 690. The van der Waals surface area contributed by atoms with Gasteiger partial charge in [0.1, 0.15) is 11.6 Å². The molecule has 1 aromatic rings. The molecule has 126 valence electrons. The van der Waals surface area contributed by atoms with Crippen LogP contribution in [-0.4, -0.2) is 12.6 Å². The summed E-state index contributed by atoms with van der Waals surface area (Å²) in [6, 6.07) is 12.3. The molecule has 0 heterocycles. The minimum atomic E-state index is -0.484. The van der Waals surface area contributed by atoms with Crippen molar-refractivity contribution in [3.8, 4) is 6.07 Å². The topological polar surface area (TPSA) is 50.1 Å². The Hall–Kier alpha value is -2.34. The summed E-state index contributed by atoms with van der Waals surface area (Å²) in [6.07, 6.45) is 3.48. The third kappa shape index (κ3) is 4.35. The summed E-state index contributed by atoms with van der Waals surface area (Å²) in [5, 5.41) is 9.50. The molecule has 0 aliphatic heterocycles. The van der Waals surface area contributed by atoms with Crippen molar-refractivity contribution in [2.24, 2.45) is 5.92 Å². The van der Waals surface area contributed by atoms with Crippen LogP contribution in [0.15, 0.2) is 47.1 Å². The van der Waals surface area contributed by atoms with Gasteiger partial charge in [0.2, 0.25) is 0 Å². The Morgan fingerprint density at radius 3 is 2.58 bits per heavy atom. The number of nitrogens with zero attached hydrogens (tertiary/aromatic N) is 1. The molecule has 0 radical (unpaired) electrons. The number of allylic oxidation sites excluding steroid dienone is 3. The van der Waals surface area contributed by atoms with Crippen molar-refractivity contribution in [2.45, 2.75) is 46.5 Å². The fraction of sp³-hybridized carbons (Fsp3) is 0.429. The molecular formula is C21H25NO2. The summed E-state index contributed by atoms with van der Waals surface area (Å²) in [6.45, 7) is 6.54. The summed E-state index contributed by atoms with van der Waals surface area (Å²) in [7, 11) is 0. The summed E-state index contributed by atoms with van der Waals surface area (Å²) in [5.41, 5.74) is 4.45. The highest BCUT2D eigenvalue weighted by Crippen LogP contribution is 2.37. The number of esters is 1. The SMILES string of the molecule is CC1=C(c2ccccc2)CCC/C1=C(/C#N)C(=O)OCCC(C)C. The van der Waals surface area contributed by atoms with Crippen molar-refractivity contribution in [3.05, 3.63) is 52.6 Å².